The highest BCUT2D eigenvalue weighted by Gasteiger charge is 2.55. The Hall–Kier alpha value is -2.04. The first-order valence-electron chi connectivity index (χ1n) is 10.6. The maximum Gasteiger partial charge on any atom is 0.255 e. The van der Waals surface area contributed by atoms with Crippen molar-refractivity contribution in [3.63, 3.8) is 0 Å². The van der Waals surface area contributed by atoms with Gasteiger partial charge in [-0.2, -0.15) is 0 Å². The van der Waals surface area contributed by atoms with E-state index in [9.17, 15) is 9.59 Å². The van der Waals surface area contributed by atoms with Crippen molar-refractivity contribution in [3.05, 3.63) is 29.8 Å². The van der Waals surface area contributed by atoms with Crippen molar-refractivity contribution in [1.29, 1.82) is 0 Å². The maximum atomic E-state index is 13.3. The first-order chi connectivity index (χ1) is 13.1. The number of piperidine rings is 1. The number of rotatable bonds is 1. The molecule has 5 aliphatic rings. The molecular formula is C22H29N3O2. The fourth-order valence-electron chi connectivity index (χ4n) is 6.08. The van der Waals surface area contributed by atoms with E-state index in [1.165, 1.54) is 6.42 Å². The third-order valence-corrected chi connectivity index (χ3v) is 7.54. The number of hydrogen-bond acceptors (Lipinski definition) is 3. The van der Waals surface area contributed by atoms with Crippen LogP contribution in [0.25, 0.3) is 0 Å². The molecule has 144 valence electrons. The number of hydrogen-bond donors (Lipinski definition) is 2. The van der Waals surface area contributed by atoms with Crippen LogP contribution >= 0.6 is 0 Å². The molecule has 27 heavy (non-hydrogen) atoms. The minimum atomic E-state index is -0.376. The SMILES string of the molecule is C[C@@H]1CCCCN1C(=O)[C@H]1C[C@H]2CC[C@H]1C[C@@]21NC(=O)c2ccccc2N1. The molecule has 4 fully saturated rings. The Balaban J connectivity index is 1.38. The average Bonchev–Trinajstić information content (AvgIpc) is 2.68. The molecule has 2 bridgehead atoms. The van der Waals surface area contributed by atoms with Crippen LogP contribution < -0.4 is 10.6 Å². The molecule has 5 atom stereocenters. The molecule has 2 aliphatic heterocycles. The van der Waals surface area contributed by atoms with Gasteiger partial charge in [0.05, 0.1) is 5.56 Å². The summed E-state index contributed by atoms with van der Waals surface area (Å²) >= 11 is 0. The quantitative estimate of drug-likeness (QED) is 0.800. The van der Waals surface area contributed by atoms with Gasteiger partial charge in [0.2, 0.25) is 5.91 Å². The van der Waals surface area contributed by atoms with Crippen LogP contribution in [0.4, 0.5) is 5.69 Å². The number of anilines is 1. The van der Waals surface area contributed by atoms with Crippen LogP contribution in [0.15, 0.2) is 24.3 Å². The van der Waals surface area contributed by atoms with Crippen molar-refractivity contribution in [2.45, 2.75) is 63.6 Å². The minimum absolute atomic E-state index is 0.0180. The van der Waals surface area contributed by atoms with E-state index in [1.54, 1.807) is 0 Å². The number of carbonyl (C=O) groups is 2. The third kappa shape index (κ3) is 2.66. The molecule has 1 aromatic rings. The van der Waals surface area contributed by atoms with Crippen molar-refractivity contribution in [3.8, 4) is 0 Å². The van der Waals surface area contributed by atoms with E-state index in [0.29, 0.717) is 23.8 Å². The highest BCUT2D eigenvalue weighted by atomic mass is 16.2. The topological polar surface area (TPSA) is 61.4 Å². The summed E-state index contributed by atoms with van der Waals surface area (Å²) in [6, 6.07) is 8.12. The van der Waals surface area contributed by atoms with Gasteiger partial charge in [0, 0.05) is 30.1 Å². The molecule has 5 heteroatoms. The van der Waals surface area contributed by atoms with E-state index in [0.717, 1.165) is 56.3 Å². The Labute approximate surface area is 160 Å². The maximum absolute atomic E-state index is 13.3. The zero-order valence-corrected chi connectivity index (χ0v) is 16.0. The van der Waals surface area contributed by atoms with Crippen LogP contribution in [-0.2, 0) is 4.79 Å². The summed E-state index contributed by atoms with van der Waals surface area (Å²) in [6.07, 6.45) is 7.43. The number of likely N-dealkylation sites (tertiary alicyclic amines) is 1. The summed E-state index contributed by atoms with van der Waals surface area (Å²) < 4.78 is 0. The Morgan fingerprint density at radius 1 is 1.15 bits per heavy atom. The standard InChI is InChI=1S/C22H29N3O2/c1-14-6-4-5-11-25(14)21(27)18-12-16-10-9-15(18)13-22(16)23-19-8-3-2-7-17(19)20(26)24-22/h2-3,7-8,14-16,18,23H,4-6,9-13H2,1H3,(H,24,26)/t14-,15+,16-,18+,22-/m1/s1. The van der Waals surface area contributed by atoms with Gasteiger partial charge in [-0.05, 0) is 69.9 Å². The van der Waals surface area contributed by atoms with E-state index in [2.05, 4.69) is 22.5 Å². The van der Waals surface area contributed by atoms with Crippen LogP contribution in [0.3, 0.4) is 0 Å². The van der Waals surface area contributed by atoms with Gasteiger partial charge in [-0.15, -0.1) is 0 Å². The van der Waals surface area contributed by atoms with Gasteiger partial charge >= 0.3 is 0 Å². The zero-order chi connectivity index (χ0) is 18.6. The van der Waals surface area contributed by atoms with Crippen LogP contribution in [-0.4, -0.2) is 35.0 Å². The molecule has 0 aromatic heterocycles. The van der Waals surface area contributed by atoms with Crippen LogP contribution in [0.2, 0.25) is 0 Å². The van der Waals surface area contributed by atoms with Gasteiger partial charge < -0.3 is 15.5 Å². The van der Waals surface area contributed by atoms with Crippen molar-refractivity contribution >= 4 is 17.5 Å². The molecule has 1 saturated heterocycles. The Morgan fingerprint density at radius 3 is 2.78 bits per heavy atom. The fourth-order valence-corrected chi connectivity index (χ4v) is 6.08. The van der Waals surface area contributed by atoms with Gasteiger partial charge in [0.25, 0.3) is 5.91 Å². The molecular weight excluding hydrogens is 338 g/mol. The molecule has 1 spiro atoms. The summed E-state index contributed by atoms with van der Waals surface area (Å²) in [5.41, 5.74) is 1.28. The van der Waals surface area contributed by atoms with Gasteiger partial charge in [0.1, 0.15) is 5.66 Å². The number of nitrogens with one attached hydrogen (secondary N) is 2. The van der Waals surface area contributed by atoms with Crippen molar-refractivity contribution in [2.24, 2.45) is 17.8 Å². The average molecular weight is 367 g/mol. The molecule has 5 nitrogen and oxygen atoms in total. The molecule has 3 saturated carbocycles. The van der Waals surface area contributed by atoms with E-state index in [-0.39, 0.29) is 17.5 Å². The molecule has 6 rings (SSSR count). The van der Waals surface area contributed by atoms with Crippen molar-refractivity contribution in [1.82, 2.24) is 10.2 Å². The lowest BCUT2D eigenvalue weighted by Gasteiger charge is -2.57. The van der Waals surface area contributed by atoms with E-state index < -0.39 is 0 Å². The van der Waals surface area contributed by atoms with Crippen LogP contribution in [0.1, 0.15) is 62.2 Å². The predicted octanol–water partition coefficient (Wildman–Crippen LogP) is 3.38. The van der Waals surface area contributed by atoms with Gasteiger partial charge in [0.15, 0.2) is 0 Å². The Bertz CT molecular complexity index is 779. The molecule has 2 amide bonds. The Kier molecular flexibility index (Phi) is 3.95. The molecule has 1 aromatic carbocycles. The first kappa shape index (κ1) is 17.1. The molecule has 3 aliphatic carbocycles. The second-order valence-corrected chi connectivity index (χ2v) is 9.05. The van der Waals surface area contributed by atoms with Crippen LogP contribution in [0, 0.1) is 17.8 Å². The van der Waals surface area contributed by atoms with E-state index >= 15 is 0 Å². The number of nitrogens with zero attached hydrogens (tertiary/aromatic N) is 1. The van der Waals surface area contributed by atoms with Crippen LogP contribution in [0.5, 0.6) is 0 Å². The summed E-state index contributed by atoms with van der Waals surface area (Å²) in [5, 5.41) is 6.96. The second-order valence-electron chi connectivity index (χ2n) is 9.05. The van der Waals surface area contributed by atoms with E-state index in [4.69, 9.17) is 0 Å². The number of para-hydroxylation sites is 1. The summed E-state index contributed by atoms with van der Waals surface area (Å²) in [6.45, 7) is 3.11. The number of amides is 2. The highest BCUT2D eigenvalue weighted by molar-refractivity contribution is 6.02. The molecule has 2 heterocycles. The number of fused-ring (bicyclic) bond motifs is 3. The number of carbonyl (C=O) groups excluding carboxylic acids is 2. The molecule has 0 radical (unpaired) electrons. The summed E-state index contributed by atoms with van der Waals surface area (Å²) in [4.78, 5) is 28.2. The Morgan fingerprint density at radius 2 is 2.00 bits per heavy atom. The lowest BCUT2D eigenvalue weighted by Crippen LogP contribution is -2.68. The highest BCUT2D eigenvalue weighted by Crippen LogP contribution is 2.52. The molecule has 2 N–H and O–H groups in total. The van der Waals surface area contributed by atoms with Crippen molar-refractivity contribution in [2.75, 3.05) is 11.9 Å². The third-order valence-electron chi connectivity index (χ3n) is 7.54. The van der Waals surface area contributed by atoms with E-state index in [1.807, 2.05) is 24.3 Å². The summed E-state index contributed by atoms with van der Waals surface area (Å²) in [5.74, 6) is 1.19. The lowest BCUT2D eigenvalue weighted by molar-refractivity contribution is -0.146. The number of benzene rings is 1. The second kappa shape index (κ2) is 6.25. The monoisotopic (exact) mass is 367 g/mol. The smallest absolute Gasteiger partial charge is 0.255 e. The van der Waals surface area contributed by atoms with Gasteiger partial charge in [-0.25, -0.2) is 0 Å². The van der Waals surface area contributed by atoms with Crippen molar-refractivity contribution < 1.29 is 9.59 Å². The summed E-state index contributed by atoms with van der Waals surface area (Å²) in [7, 11) is 0. The zero-order valence-electron chi connectivity index (χ0n) is 16.0. The van der Waals surface area contributed by atoms with Gasteiger partial charge in [-0.1, -0.05) is 12.1 Å². The van der Waals surface area contributed by atoms with Gasteiger partial charge in [-0.3, -0.25) is 9.59 Å². The molecule has 0 unspecified atom stereocenters. The fraction of sp³-hybridized carbons (Fsp3) is 0.636. The largest absolute Gasteiger partial charge is 0.362 e. The predicted molar refractivity (Wildman–Crippen MR) is 104 cm³/mol. The first-order valence-corrected chi connectivity index (χ1v) is 10.6. The lowest BCUT2D eigenvalue weighted by atomic mass is 9.58. The minimum Gasteiger partial charge on any atom is -0.362 e. The normalized spacial score (nSPS) is 37.5.